The smallest absolute Gasteiger partial charge is 0.361 e. The summed E-state index contributed by atoms with van der Waals surface area (Å²) >= 11 is 0. The molecule has 0 saturated carbocycles. The van der Waals surface area contributed by atoms with E-state index in [0.717, 1.165) is 70.6 Å². The number of aliphatic hydroxyl groups excluding tert-OH is 3. The first-order valence-electron chi connectivity index (χ1n) is 18.8. The van der Waals surface area contributed by atoms with E-state index in [9.17, 15) is 24.9 Å². The van der Waals surface area contributed by atoms with Crippen molar-refractivity contribution in [1.82, 2.24) is 0 Å². The topological polar surface area (TPSA) is 113 Å². The minimum Gasteiger partial charge on any atom is -0.394 e. The van der Waals surface area contributed by atoms with E-state index in [-0.39, 0.29) is 12.8 Å². The molecular weight excluding hydrogens is 580 g/mol. The summed E-state index contributed by atoms with van der Waals surface area (Å²) in [7, 11) is 0. The normalized spacial score (nSPS) is 13.9. The minimum absolute atomic E-state index is 0.154. The van der Waals surface area contributed by atoms with E-state index in [4.69, 9.17) is 9.78 Å². The molecule has 0 spiro atoms. The van der Waals surface area contributed by atoms with E-state index in [1.165, 1.54) is 64.2 Å². The molecular formula is C39H70O7. The van der Waals surface area contributed by atoms with Crippen molar-refractivity contribution in [2.24, 2.45) is 5.92 Å². The first-order chi connectivity index (χ1) is 22.5. The Morgan fingerprint density at radius 1 is 0.565 bits per heavy atom. The highest BCUT2D eigenvalue weighted by Gasteiger charge is 2.34. The van der Waals surface area contributed by atoms with Crippen LogP contribution in [-0.4, -0.2) is 46.1 Å². The van der Waals surface area contributed by atoms with Crippen molar-refractivity contribution in [3.8, 4) is 0 Å². The molecule has 0 radical (unpaired) electrons. The van der Waals surface area contributed by atoms with Crippen molar-refractivity contribution in [3.63, 3.8) is 0 Å². The Kier molecular flexibility index (Phi) is 32.9. The second-order valence-corrected chi connectivity index (χ2v) is 12.7. The molecule has 3 N–H and O–H groups in total. The Morgan fingerprint density at radius 2 is 1.00 bits per heavy atom. The average molecular weight is 651 g/mol. The van der Waals surface area contributed by atoms with Gasteiger partial charge in [-0.1, -0.05) is 134 Å². The summed E-state index contributed by atoms with van der Waals surface area (Å²) in [5, 5.41) is 29.6. The lowest BCUT2D eigenvalue weighted by atomic mass is 9.92. The van der Waals surface area contributed by atoms with Gasteiger partial charge in [0, 0.05) is 0 Å². The number of carbonyl (C=O) groups is 2. The van der Waals surface area contributed by atoms with Crippen molar-refractivity contribution in [3.05, 3.63) is 36.5 Å². The predicted molar refractivity (Wildman–Crippen MR) is 189 cm³/mol. The Balaban J connectivity index is 4.07. The SMILES string of the molecule is CCCCC/C=C\C/C=C\CCCCCCC(C(=O)OOC(=O)CCCCCCC/C=C\CCCCCCCC)C(O)C(O)CO. The zero-order chi connectivity index (χ0) is 33.9. The van der Waals surface area contributed by atoms with E-state index >= 15 is 0 Å². The molecule has 0 saturated heterocycles. The van der Waals surface area contributed by atoms with Crippen LogP contribution in [0.3, 0.4) is 0 Å². The van der Waals surface area contributed by atoms with Gasteiger partial charge in [-0.05, 0) is 70.6 Å². The van der Waals surface area contributed by atoms with Crippen LogP contribution < -0.4 is 0 Å². The number of rotatable bonds is 32. The zero-order valence-corrected chi connectivity index (χ0v) is 29.6. The van der Waals surface area contributed by atoms with E-state index in [0.29, 0.717) is 12.8 Å². The molecule has 0 heterocycles. The van der Waals surface area contributed by atoms with Gasteiger partial charge in [-0.15, -0.1) is 0 Å². The summed E-state index contributed by atoms with van der Waals surface area (Å²) in [6, 6.07) is 0. The van der Waals surface area contributed by atoms with Gasteiger partial charge in [0.05, 0.1) is 25.0 Å². The monoisotopic (exact) mass is 651 g/mol. The van der Waals surface area contributed by atoms with Crippen LogP contribution in [0, 0.1) is 5.92 Å². The quantitative estimate of drug-likeness (QED) is 0.0287. The van der Waals surface area contributed by atoms with Gasteiger partial charge in [0.25, 0.3) is 0 Å². The van der Waals surface area contributed by atoms with Crippen molar-refractivity contribution in [2.45, 2.75) is 187 Å². The molecule has 46 heavy (non-hydrogen) atoms. The van der Waals surface area contributed by atoms with Crippen molar-refractivity contribution in [1.29, 1.82) is 0 Å². The fourth-order valence-corrected chi connectivity index (χ4v) is 5.33. The van der Waals surface area contributed by atoms with E-state index in [1.807, 2.05) is 0 Å². The molecule has 0 aromatic rings. The summed E-state index contributed by atoms with van der Waals surface area (Å²) in [4.78, 5) is 34.2. The molecule has 3 unspecified atom stereocenters. The van der Waals surface area contributed by atoms with Gasteiger partial charge in [-0.2, -0.15) is 0 Å². The summed E-state index contributed by atoms with van der Waals surface area (Å²) in [6.07, 6.45) is 36.4. The summed E-state index contributed by atoms with van der Waals surface area (Å²) in [6.45, 7) is 3.78. The number of allylic oxidation sites excluding steroid dienone is 6. The van der Waals surface area contributed by atoms with E-state index < -0.39 is 36.7 Å². The molecule has 7 heteroatoms. The Labute approximate surface area is 281 Å². The van der Waals surface area contributed by atoms with Crippen LogP contribution in [0.1, 0.15) is 174 Å². The number of hydrogen-bond donors (Lipinski definition) is 3. The Hall–Kier alpha value is -1.96. The van der Waals surface area contributed by atoms with Gasteiger partial charge in [0.2, 0.25) is 0 Å². The second-order valence-electron chi connectivity index (χ2n) is 12.7. The standard InChI is InChI=1S/C39H70O7/c1-3-5-7-9-11-13-15-17-19-21-23-25-27-29-31-33-37(42)45-46-39(44)35(38(43)36(41)34-40)32-30-28-26-24-22-20-18-16-14-12-10-8-6-4-2/h12,14,17-20,35-36,38,40-41,43H,3-11,13,15-16,21-34H2,1-2H3/b14-12-,19-17-,20-18-. The molecule has 0 aromatic carbocycles. The highest BCUT2D eigenvalue weighted by Crippen LogP contribution is 2.20. The molecule has 0 aliphatic rings. The third-order valence-corrected chi connectivity index (χ3v) is 8.37. The fraction of sp³-hybridized carbons (Fsp3) is 0.795. The Bertz CT molecular complexity index is 776. The molecule has 0 aliphatic carbocycles. The van der Waals surface area contributed by atoms with Gasteiger partial charge in [0.1, 0.15) is 6.10 Å². The third kappa shape index (κ3) is 28.3. The molecule has 7 nitrogen and oxygen atoms in total. The molecule has 3 atom stereocenters. The van der Waals surface area contributed by atoms with Crippen LogP contribution in [0.2, 0.25) is 0 Å². The lowest BCUT2D eigenvalue weighted by Gasteiger charge is -2.23. The van der Waals surface area contributed by atoms with Crippen LogP contribution in [-0.2, 0) is 19.4 Å². The van der Waals surface area contributed by atoms with Crippen LogP contribution in [0.4, 0.5) is 0 Å². The van der Waals surface area contributed by atoms with Gasteiger partial charge in [-0.25, -0.2) is 19.4 Å². The maximum atomic E-state index is 12.6. The molecule has 0 aromatic heterocycles. The third-order valence-electron chi connectivity index (χ3n) is 8.37. The number of unbranched alkanes of at least 4 members (excludes halogenated alkanes) is 18. The summed E-state index contributed by atoms with van der Waals surface area (Å²) in [5.74, 6) is -2.61. The second kappa shape index (κ2) is 34.4. The molecule has 268 valence electrons. The highest BCUT2D eigenvalue weighted by molar-refractivity contribution is 5.75. The lowest BCUT2D eigenvalue weighted by Crippen LogP contribution is -2.40. The number of hydrogen-bond acceptors (Lipinski definition) is 7. The van der Waals surface area contributed by atoms with Crippen LogP contribution in [0.25, 0.3) is 0 Å². The van der Waals surface area contributed by atoms with Crippen LogP contribution in [0.15, 0.2) is 36.5 Å². The fourth-order valence-electron chi connectivity index (χ4n) is 5.33. The highest BCUT2D eigenvalue weighted by atomic mass is 17.2. The molecule has 0 bridgehead atoms. The van der Waals surface area contributed by atoms with Gasteiger partial charge in [-0.3, -0.25) is 0 Å². The van der Waals surface area contributed by atoms with Crippen LogP contribution >= 0.6 is 0 Å². The molecule has 0 aliphatic heterocycles. The summed E-state index contributed by atoms with van der Waals surface area (Å²) in [5.41, 5.74) is 0. The largest absolute Gasteiger partial charge is 0.394 e. The first kappa shape index (κ1) is 44.0. The van der Waals surface area contributed by atoms with Crippen molar-refractivity contribution < 1.29 is 34.7 Å². The van der Waals surface area contributed by atoms with Crippen LogP contribution in [0.5, 0.6) is 0 Å². The maximum absolute atomic E-state index is 12.6. The van der Waals surface area contributed by atoms with Crippen molar-refractivity contribution in [2.75, 3.05) is 6.61 Å². The van der Waals surface area contributed by atoms with Gasteiger partial charge >= 0.3 is 11.9 Å². The molecule has 0 rings (SSSR count). The van der Waals surface area contributed by atoms with Gasteiger partial charge in [0.15, 0.2) is 0 Å². The average Bonchev–Trinajstić information content (AvgIpc) is 3.06. The maximum Gasteiger partial charge on any atom is 0.361 e. The van der Waals surface area contributed by atoms with Gasteiger partial charge < -0.3 is 15.3 Å². The first-order valence-corrected chi connectivity index (χ1v) is 18.8. The zero-order valence-electron chi connectivity index (χ0n) is 29.6. The van der Waals surface area contributed by atoms with Crippen molar-refractivity contribution >= 4 is 11.9 Å². The van der Waals surface area contributed by atoms with E-state index in [2.05, 4.69) is 50.3 Å². The molecule has 0 amide bonds. The minimum atomic E-state index is -1.50. The lowest BCUT2D eigenvalue weighted by molar-refractivity contribution is -0.265. The predicted octanol–water partition coefficient (Wildman–Crippen LogP) is 9.78. The van der Waals surface area contributed by atoms with E-state index in [1.54, 1.807) is 0 Å². The number of aliphatic hydroxyl groups is 3. The summed E-state index contributed by atoms with van der Waals surface area (Å²) < 4.78 is 0. The molecule has 0 fully saturated rings. The number of carbonyl (C=O) groups excluding carboxylic acids is 2. The Morgan fingerprint density at radius 3 is 1.54 bits per heavy atom.